The molecular weight excluding hydrogens is 262 g/mol. The molecule has 20 heavy (non-hydrogen) atoms. The number of amides is 1. The summed E-state index contributed by atoms with van der Waals surface area (Å²) in [5, 5.41) is 11.6. The summed E-state index contributed by atoms with van der Waals surface area (Å²) in [5.41, 5.74) is 0.516. The van der Waals surface area contributed by atoms with Crippen molar-refractivity contribution in [1.82, 2.24) is 14.9 Å². The highest BCUT2D eigenvalue weighted by Gasteiger charge is 2.13. The lowest BCUT2D eigenvalue weighted by molar-refractivity contribution is -0.122. The minimum absolute atomic E-state index is 0.0296. The molecule has 7 nitrogen and oxygen atoms in total. The maximum Gasteiger partial charge on any atom is 0.335 e. The van der Waals surface area contributed by atoms with Crippen molar-refractivity contribution in [3.63, 3.8) is 0 Å². The monoisotopic (exact) mass is 277 g/mol. The van der Waals surface area contributed by atoms with Gasteiger partial charge in [0.05, 0.1) is 16.6 Å². The van der Waals surface area contributed by atoms with Crippen molar-refractivity contribution >= 4 is 22.9 Å². The van der Waals surface area contributed by atoms with Crippen LogP contribution in [0.5, 0.6) is 0 Å². The fourth-order valence-electron chi connectivity index (χ4n) is 1.95. The third kappa shape index (κ3) is 2.71. The summed E-state index contributed by atoms with van der Waals surface area (Å²) in [6.45, 7) is 3.48. The Morgan fingerprint density at radius 1 is 1.40 bits per heavy atom. The van der Waals surface area contributed by atoms with Crippen molar-refractivity contribution in [2.45, 2.75) is 26.4 Å². The summed E-state index contributed by atoms with van der Waals surface area (Å²) in [6.07, 6.45) is 0. The Balaban J connectivity index is 2.44. The SMILES string of the molecule is CC(C)NC(=O)Cn1c(=O)[nH]c2ccc(C(=O)O)cc21. The van der Waals surface area contributed by atoms with Crippen LogP contribution in [0.15, 0.2) is 23.0 Å². The van der Waals surface area contributed by atoms with Crippen LogP contribution in [0.4, 0.5) is 0 Å². The first-order chi connectivity index (χ1) is 9.38. The maximum absolute atomic E-state index is 11.8. The molecule has 0 saturated heterocycles. The van der Waals surface area contributed by atoms with Crippen LogP contribution in [0, 0.1) is 0 Å². The highest BCUT2D eigenvalue weighted by molar-refractivity contribution is 5.92. The average molecular weight is 277 g/mol. The van der Waals surface area contributed by atoms with Gasteiger partial charge in [0.15, 0.2) is 0 Å². The molecule has 0 bridgehead atoms. The van der Waals surface area contributed by atoms with E-state index in [-0.39, 0.29) is 24.1 Å². The predicted octanol–water partition coefficient (Wildman–Crippen LogP) is 0.552. The largest absolute Gasteiger partial charge is 0.478 e. The third-order valence-corrected chi connectivity index (χ3v) is 2.77. The quantitative estimate of drug-likeness (QED) is 0.759. The summed E-state index contributed by atoms with van der Waals surface area (Å²) in [7, 11) is 0. The number of carbonyl (C=O) groups is 2. The number of rotatable bonds is 4. The lowest BCUT2D eigenvalue weighted by atomic mass is 10.2. The number of hydrogen-bond donors (Lipinski definition) is 3. The lowest BCUT2D eigenvalue weighted by Gasteiger charge is -2.08. The molecule has 3 N–H and O–H groups in total. The van der Waals surface area contributed by atoms with Gasteiger partial charge in [-0.25, -0.2) is 9.59 Å². The van der Waals surface area contributed by atoms with E-state index in [1.165, 1.54) is 22.8 Å². The molecule has 1 aromatic carbocycles. The van der Waals surface area contributed by atoms with Crippen molar-refractivity contribution in [2.75, 3.05) is 0 Å². The second kappa shape index (κ2) is 5.20. The molecule has 0 fully saturated rings. The number of benzene rings is 1. The smallest absolute Gasteiger partial charge is 0.335 e. The number of nitrogens with zero attached hydrogens (tertiary/aromatic N) is 1. The van der Waals surface area contributed by atoms with Gasteiger partial charge in [-0.3, -0.25) is 9.36 Å². The van der Waals surface area contributed by atoms with E-state index in [1.54, 1.807) is 0 Å². The van der Waals surface area contributed by atoms with E-state index in [2.05, 4.69) is 10.3 Å². The van der Waals surface area contributed by atoms with Gasteiger partial charge in [-0.2, -0.15) is 0 Å². The summed E-state index contributed by atoms with van der Waals surface area (Å²) in [4.78, 5) is 37.1. The second-order valence-corrected chi connectivity index (χ2v) is 4.78. The Morgan fingerprint density at radius 3 is 2.70 bits per heavy atom. The Kier molecular flexibility index (Phi) is 3.60. The number of carboxylic acid groups (broad SMARTS) is 1. The minimum Gasteiger partial charge on any atom is -0.478 e. The second-order valence-electron chi connectivity index (χ2n) is 4.78. The molecule has 2 rings (SSSR count). The highest BCUT2D eigenvalue weighted by atomic mass is 16.4. The van der Waals surface area contributed by atoms with Crippen molar-refractivity contribution in [2.24, 2.45) is 0 Å². The number of imidazole rings is 1. The van der Waals surface area contributed by atoms with E-state index in [4.69, 9.17) is 5.11 Å². The van der Waals surface area contributed by atoms with Crippen LogP contribution >= 0.6 is 0 Å². The van der Waals surface area contributed by atoms with Gasteiger partial charge in [0.1, 0.15) is 6.54 Å². The molecule has 0 aliphatic carbocycles. The number of aromatic carboxylic acids is 1. The average Bonchev–Trinajstić information content (AvgIpc) is 2.64. The van der Waals surface area contributed by atoms with Crippen LogP contribution < -0.4 is 11.0 Å². The van der Waals surface area contributed by atoms with Gasteiger partial charge < -0.3 is 15.4 Å². The van der Waals surface area contributed by atoms with Crippen LogP contribution in [0.25, 0.3) is 11.0 Å². The fourth-order valence-corrected chi connectivity index (χ4v) is 1.95. The van der Waals surface area contributed by atoms with Crippen LogP contribution in [-0.4, -0.2) is 32.6 Å². The molecule has 106 valence electrons. The number of fused-ring (bicyclic) bond motifs is 1. The van der Waals surface area contributed by atoms with Crippen molar-refractivity contribution < 1.29 is 14.7 Å². The third-order valence-electron chi connectivity index (χ3n) is 2.77. The van der Waals surface area contributed by atoms with Crippen LogP contribution in [0.3, 0.4) is 0 Å². The van der Waals surface area contributed by atoms with E-state index in [1.807, 2.05) is 13.8 Å². The number of carboxylic acids is 1. The number of hydrogen-bond acceptors (Lipinski definition) is 3. The standard InChI is InChI=1S/C13H15N3O4/c1-7(2)14-11(17)6-16-10-5-8(12(18)19)3-4-9(10)15-13(16)20/h3-5,7H,6H2,1-2H3,(H,14,17)(H,15,20)(H,18,19). The number of aromatic nitrogens is 2. The molecule has 0 atom stereocenters. The van der Waals surface area contributed by atoms with Gasteiger partial charge >= 0.3 is 11.7 Å². The normalized spacial score (nSPS) is 10.9. The van der Waals surface area contributed by atoms with Gasteiger partial charge in [-0.1, -0.05) is 0 Å². The highest BCUT2D eigenvalue weighted by Crippen LogP contribution is 2.13. The summed E-state index contributed by atoms with van der Waals surface area (Å²) in [5.74, 6) is -1.39. The van der Waals surface area contributed by atoms with Gasteiger partial charge in [-0.15, -0.1) is 0 Å². The van der Waals surface area contributed by atoms with E-state index in [0.717, 1.165) is 0 Å². The number of H-pyrrole nitrogens is 1. The molecule has 0 unspecified atom stereocenters. The van der Waals surface area contributed by atoms with Crippen LogP contribution in [-0.2, 0) is 11.3 Å². The zero-order chi connectivity index (χ0) is 14.9. The Hall–Kier alpha value is -2.57. The molecule has 2 aromatic rings. The molecule has 1 aromatic heterocycles. The zero-order valence-corrected chi connectivity index (χ0v) is 11.1. The van der Waals surface area contributed by atoms with Crippen LogP contribution in [0.1, 0.15) is 24.2 Å². The molecule has 0 saturated carbocycles. The van der Waals surface area contributed by atoms with E-state index in [9.17, 15) is 14.4 Å². The summed E-state index contributed by atoms with van der Waals surface area (Å²) in [6, 6.07) is 4.26. The van der Waals surface area contributed by atoms with Gasteiger partial charge in [0.25, 0.3) is 0 Å². The molecule has 1 amide bonds. The minimum atomic E-state index is -1.08. The topological polar surface area (TPSA) is 104 Å². The van der Waals surface area contributed by atoms with E-state index < -0.39 is 11.7 Å². The van der Waals surface area contributed by atoms with E-state index >= 15 is 0 Å². The van der Waals surface area contributed by atoms with Crippen molar-refractivity contribution in [3.8, 4) is 0 Å². The first kappa shape index (κ1) is 13.9. The van der Waals surface area contributed by atoms with E-state index in [0.29, 0.717) is 11.0 Å². The van der Waals surface area contributed by atoms with Crippen molar-refractivity contribution in [3.05, 3.63) is 34.2 Å². The molecular formula is C13H15N3O4. The Bertz CT molecular complexity index is 727. The molecule has 1 heterocycles. The Morgan fingerprint density at radius 2 is 2.10 bits per heavy atom. The molecule has 0 aliphatic heterocycles. The number of aromatic amines is 1. The van der Waals surface area contributed by atoms with Gasteiger partial charge in [-0.05, 0) is 32.0 Å². The summed E-state index contributed by atoms with van der Waals surface area (Å²) >= 11 is 0. The van der Waals surface area contributed by atoms with Crippen LogP contribution in [0.2, 0.25) is 0 Å². The number of nitrogens with one attached hydrogen (secondary N) is 2. The molecule has 0 spiro atoms. The lowest BCUT2D eigenvalue weighted by Crippen LogP contribution is -2.35. The number of carbonyl (C=O) groups excluding carboxylic acids is 1. The first-order valence-electron chi connectivity index (χ1n) is 6.13. The summed E-state index contributed by atoms with van der Waals surface area (Å²) < 4.78 is 1.22. The zero-order valence-electron chi connectivity index (χ0n) is 11.1. The maximum atomic E-state index is 11.8. The Labute approximate surface area is 114 Å². The van der Waals surface area contributed by atoms with Crippen molar-refractivity contribution in [1.29, 1.82) is 0 Å². The predicted molar refractivity (Wildman–Crippen MR) is 72.8 cm³/mol. The fraction of sp³-hybridized carbons (Fsp3) is 0.308. The molecule has 7 heteroatoms. The van der Waals surface area contributed by atoms with Gasteiger partial charge in [0.2, 0.25) is 5.91 Å². The van der Waals surface area contributed by atoms with Gasteiger partial charge in [0, 0.05) is 6.04 Å². The first-order valence-corrected chi connectivity index (χ1v) is 6.13. The molecule has 0 aliphatic rings. The molecule has 0 radical (unpaired) electrons.